The molecule has 3 rings (SSSR count). The summed E-state index contributed by atoms with van der Waals surface area (Å²) in [4.78, 5) is 24.2. The Bertz CT molecular complexity index is 562. The first kappa shape index (κ1) is 13.1. The quantitative estimate of drug-likeness (QED) is 0.840. The predicted molar refractivity (Wildman–Crippen MR) is 69.7 cm³/mol. The minimum absolute atomic E-state index is 0.223. The van der Waals surface area contributed by atoms with Crippen molar-refractivity contribution in [2.45, 2.75) is 30.8 Å². The van der Waals surface area contributed by atoms with Gasteiger partial charge in [0.05, 0.1) is 6.10 Å². The van der Waals surface area contributed by atoms with E-state index >= 15 is 0 Å². The van der Waals surface area contributed by atoms with E-state index in [0.29, 0.717) is 6.42 Å². The Labute approximate surface area is 116 Å². The summed E-state index contributed by atoms with van der Waals surface area (Å²) in [5.74, 6) is -1.87. The Kier molecular flexibility index (Phi) is 2.81. The molecule has 2 saturated heterocycles. The van der Waals surface area contributed by atoms with Gasteiger partial charge in [-0.15, -0.1) is 0 Å². The lowest BCUT2D eigenvalue weighted by Crippen LogP contribution is -2.73. The molecule has 2 N–H and O–H groups in total. The Hall–Kier alpha value is -1.92. The van der Waals surface area contributed by atoms with Gasteiger partial charge in [0.15, 0.2) is 5.41 Å². The zero-order valence-electron chi connectivity index (χ0n) is 11.3. The molecule has 0 unspecified atom stereocenters. The third-order valence-electron chi connectivity index (χ3n) is 3.97. The van der Waals surface area contributed by atoms with Crippen LogP contribution in [-0.2, 0) is 19.7 Å². The van der Waals surface area contributed by atoms with Gasteiger partial charge in [-0.1, -0.05) is 30.3 Å². The fraction of sp³-hybridized carbons (Fsp3) is 0.429. The topological polar surface area (TPSA) is 76.7 Å². The zero-order valence-corrected chi connectivity index (χ0v) is 11.3. The summed E-state index contributed by atoms with van der Waals surface area (Å²) >= 11 is 0. The average molecular weight is 276 g/mol. The van der Waals surface area contributed by atoms with Gasteiger partial charge in [0, 0.05) is 7.11 Å². The lowest BCUT2D eigenvalue weighted by molar-refractivity contribution is -0.249. The number of urea groups is 1. The molecule has 3 atom stereocenters. The molecule has 0 bridgehead atoms. The van der Waals surface area contributed by atoms with Gasteiger partial charge in [-0.25, -0.2) is 4.79 Å². The molecule has 0 spiro atoms. The highest BCUT2D eigenvalue weighted by Gasteiger charge is 2.68. The molecule has 20 heavy (non-hydrogen) atoms. The number of imide groups is 1. The number of rotatable bonds is 2. The number of carbonyl (C=O) groups is 2. The summed E-state index contributed by atoms with van der Waals surface area (Å²) in [5, 5.41) is 4.95. The van der Waals surface area contributed by atoms with Gasteiger partial charge in [0.1, 0.15) is 0 Å². The standard InChI is InChI=1S/C14H16N2O4/c1-9-8-13(10-6-4-3-5-7-10)11(17)15-12(18)16-14(13,19-2)20-9/h3-7,9H,8H2,1-2H3,(H2,15,16,17,18)/t9-,13+,14+/m0/s1. The Morgan fingerprint density at radius 2 is 2.00 bits per heavy atom. The van der Waals surface area contributed by atoms with Crippen molar-refractivity contribution in [1.29, 1.82) is 0 Å². The number of benzene rings is 1. The number of ether oxygens (including phenoxy) is 2. The molecule has 6 heteroatoms. The molecular formula is C14H16N2O4. The van der Waals surface area contributed by atoms with Gasteiger partial charge >= 0.3 is 6.03 Å². The first-order chi connectivity index (χ1) is 9.54. The fourth-order valence-electron chi connectivity index (χ4n) is 3.19. The van der Waals surface area contributed by atoms with Crippen LogP contribution in [0.2, 0.25) is 0 Å². The monoisotopic (exact) mass is 276 g/mol. The molecular weight excluding hydrogens is 260 g/mol. The average Bonchev–Trinajstić information content (AvgIpc) is 2.74. The van der Waals surface area contributed by atoms with Crippen LogP contribution in [0.5, 0.6) is 0 Å². The maximum atomic E-state index is 12.6. The summed E-state index contributed by atoms with van der Waals surface area (Å²) < 4.78 is 11.2. The van der Waals surface area contributed by atoms with Crippen molar-refractivity contribution in [3.05, 3.63) is 35.9 Å². The van der Waals surface area contributed by atoms with Gasteiger partial charge in [0.2, 0.25) is 5.91 Å². The SMILES string of the molecule is CO[C@]12NC(=O)NC(=O)[C@]1(c1ccccc1)C[C@H](C)O2. The molecule has 1 aromatic rings. The van der Waals surface area contributed by atoms with E-state index in [0.717, 1.165) is 5.56 Å². The summed E-state index contributed by atoms with van der Waals surface area (Å²) in [5.41, 5.74) is -0.334. The van der Waals surface area contributed by atoms with Crippen LogP contribution in [0, 0.1) is 0 Å². The minimum Gasteiger partial charge on any atom is -0.335 e. The highest BCUT2D eigenvalue weighted by molar-refractivity contribution is 6.04. The molecule has 0 radical (unpaired) electrons. The highest BCUT2D eigenvalue weighted by atomic mass is 16.7. The van der Waals surface area contributed by atoms with Crippen LogP contribution >= 0.6 is 0 Å². The van der Waals surface area contributed by atoms with Gasteiger partial charge in [-0.3, -0.25) is 15.4 Å². The van der Waals surface area contributed by atoms with E-state index in [-0.39, 0.29) is 6.10 Å². The minimum atomic E-state index is -1.47. The smallest absolute Gasteiger partial charge is 0.325 e. The molecule has 0 aliphatic carbocycles. The number of amides is 3. The van der Waals surface area contributed by atoms with Crippen molar-refractivity contribution >= 4 is 11.9 Å². The Morgan fingerprint density at radius 1 is 1.30 bits per heavy atom. The number of carbonyl (C=O) groups excluding carboxylic acids is 2. The number of hydrogen-bond acceptors (Lipinski definition) is 4. The maximum absolute atomic E-state index is 12.6. The van der Waals surface area contributed by atoms with Crippen molar-refractivity contribution in [1.82, 2.24) is 10.6 Å². The van der Waals surface area contributed by atoms with Crippen molar-refractivity contribution in [2.24, 2.45) is 0 Å². The summed E-state index contributed by atoms with van der Waals surface area (Å²) in [6.07, 6.45) is 0.205. The lowest BCUT2D eigenvalue weighted by Gasteiger charge is -2.45. The van der Waals surface area contributed by atoms with E-state index in [1.54, 1.807) is 0 Å². The van der Waals surface area contributed by atoms with Crippen molar-refractivity contribution in [3.8, 4) is 0 Å². The van der Waals surface area contributed by atoms with Gasteiger partial charge < -0.3 is 9.47 Å². The fourth-order valence-corrected chi connectivity index (χ4v) is 3.19. The molecule has 6 nitrogen and oxygen atoms in total. The van der Waals surface area contributed by atoms with E-state index in [4.69, 9.17) is 9.47 Å². The summed E-state index contributed by atoms with van der Waals surface area (Å²) in [7, 11) is 1.43. The van der Waals surface area contributed by atoms with E-state index in [1.807, 2.05) is 37.3 Å². The Balaban J connectivity index is 2.21. The second-order valence-electron chi connectivity index (χ2n) is 5.13. The van der Waals surface area contributed by atoms with Crippen molar-refractivity contribution in [3.63, 3.8) is 0 Å². The highest BCUT2D eigenvalue weighted by Crippen LogP contribution is 2.49. The lowest BCUT2D eigenvalue weighted by atomic mass is 9.73. The third-order valence-corrected chi connectivity index (χ3v) is 3.97. The largest absolute Gasteiger partial charge is 0.335 e. The summed E-state index contributed by atoms with van der Waals surface area (Å²) in [6, 6.07) is 8.62. The number of fused-ring (bicyclic) bond motifs is 1. The third kappa shape index (κ3) is 1.52. The van der Waals surface area contributed by atoms with Crippen LogP contribution in [0.25, 0.3) is 0 Å². The van der Waals surface area contributed by atoms with Crippen molar-refractivity contribution in [2.75, 3.05) is 7.11 Å². The normalized spacial score (nSPS) is 36.2. The second-order valence-corrected chi connectivity index (χ2v) is 5.13. The molecule has 2 heterocycles. The maximum Gasteiger partial charge on any atom is 0.325 e. The molecule has 1 aromatic carbocycles. The van der Waals surface area contributed by atoms with Crippen LogP contribution in [0.1, 0.15) is 18.9 Å². The number of hydrogen-bond donors (Lipinski definition) is 2. The first-order valence-electron chi connectivity index (χ1n) is 6.46. The van der Waals surface area contributed by atoms with Crippen LogP contribution in [0.15, 0.2) is 30.3 Å². The molecule has 2 fully saturated rings. The van der Waals surface area contributed by atoms with E-state index in [1.165, 1.54) is 7.11 Å². The zero-order chi connectivity index (χ0) is 14.4. The molecule has 2 aliphatic heterocycles. The van der Waals surface area contributed by atoms with Crippen LogP contribution < -0.4 is 10.6 Å². The second kappa shape index (κ2) is 4.29. The molecule has 106 valence electrons. The Morgan fingerprint density at radius 3 is 2.65 bits per heavy atom. The van der Waals surface area contributed by atoms with Gasteiger partial charge in [-0.2, -0.15) is 0 Å². The first-order valence-corrected chi connectivity index (χ1v) is 6.46. The van der Waals surface area contributed by atoms with E-state index in [9.17, 15) is 9.59 Å². The van der Waals surface area contributed by atoms with E-state index < -0.39 is 23.3 Å². The van der Waals surface area contributed by atoms with Gasteiger partial charge in [0.25, 0.3) is 5.91 Å². The van der Waals surface area contributed by atoms with Crippen molar-refractivity contribution < 1.29 is 19.1 Å². The van der Waals surface area contributed by atoms with E-state index in [2.05, 4.69) is 10.6 Å². The number of nitrogens with one attached hydrogen (secondary N) is 2. The van der Waals surface area contributed by atoms with Crippen LogP contribution in [0.3, 0.4) is 0 Å². The predicted octanol–water partition coefficient (Wildman–Crippen LogP) is 0.873. The molecule has 2 aliphatic rings. The van der Waals surface area contributed by atoms with Crippen LogP contribution in [-0.4, -0.2) is 31.1 Å². The van der Waals surface area contributed by atoms with Crippen LogP contribution in [0.4, 0.5) is 4.79 Å². The molecule has 0 saturated carbocycles. The van der Waals surface area contributed by atoms with Gasteiger partial charge in [-0.05, 0) is 18.9 Å². The number of methoxy groups -OCH3 is 1. The summed E-state index contributed by atoms with van der Waals surface area (Å²) in [6.45, 7) is 1.85. The molecule has 0 aromatic heterocycles. The molecule has 3 amide bonds.